The van der Waals surface area contributed by atoms with Crippen LogP contribution in [0.5, 0.6) is 11.5 Å². The van der Waals surface area contributed by atoms with Crippen LogP contribution in [0, 0.1) is 0 Å². The van der Waals surface area contributed by atoms with E-state index in [4.69, 9.17) is 9.47 Å². The molecule has 0 unspecified atom stereocenters. The molecule has 9 nitrogen and oxygen atoms in total. The second-order valence-corrected chi connectivity index (χ2v) is 8.48. The Morgan fingerprint density at radius 2 is 1.79 bits per heavy atom. The lowest BCUT2D eigenvalue weighted by atomic mass is 10.2. The van der Waals surface area contributed by atoms with E-state index in [1.54, 1.807) is 48.5 Å². The Kier molecular flexibility index (Phi) is 7.20. The summed E-state index contributed by atoms with van der Waals surface area (Å²) in [5, 5.41) is 11.9. The predicted molar refractivity (Wildman–Crippen MR) is 128 cm³/mol. The van der Waals surface area contributed by atoms with Gasteiger partial charge < -0.3 is 14.8 Å². The van der Waals surface area contributed by atoms with Gasteiger partial charge in [0.1, 0.15) is 0 Å². The lowest BCUT2D eigenvalue weighted by Crippen LogP contribution is -2.15. The number of hydrogen-bond donors (Lipinski definition) is 1. The number of benzene rings is 2. The molecule has 0 aliphatic carbocycles. The minimum absolute atomic E-state index is 0.205. The van der Waals surface area contributed by atoms with Crippen molar-refractivity contribution in [1.29, 1.82) is 0 Å². The summed E-state index contributed by atoms with van der Waals surface area (Å²) in [6.45, 7) is 0. The minimum Gasteiger partial charge on any atom is -0.493 e. The van der Waals surface area contributed by atoms with Crippen LogP contribution in [0.2, 0.25) is 0 Å². The highest BCUT2D eigenvalue weighted by Crippen LogP contribution is 2.30. The largest absolute Gasteiger partial charge is 0.493 e. The summed E-state index contributed by atoms with van der Waals surface area (Å²) in [7, 11) is 3.09. The number of carbonyl (C=O) groups excluding carboxylic acids is 1. The first-order valence-electron chi connectivity index (χ1n) is 9.72. The lowest BCUT2D eigenvalue weighted by Gasteiger charge is -2.11. The zero-order valence-corrected chi connectivity index (χ0v) is 20.1. The van der Waals surface area contributed by atoms with Gasteiger partial charge >= 0.3 is 0 Å². The fourth-order valence-corrected chi connectivity index (χ4v) is 4.05. The van der Waals surface area contributed by atoms with Gasteiger partial charge in [-0.2, -0.15) is 0 Å². The highest BCUT2D eigenvalue weighted by atomic mass is 79.9. The molecule has 0 saturated heterocycles. The van der Waals surface area contributed by atoms with Crippen LogP contribution in [0.3, 0.4) is 0 Å². The van der Waals surface area contributed by atoms with Crippen molar-refractivity contribution in [3.05, 3.63) is 76.8 Å². The number of methoxy groups -OCH3 is 2. The molecule has 33 heavy (non-hydrogen) atoms. The van der Waals surface area contributed by atoms with E-state index in [0.717, 1.165) is 10.2 Å². The van der Waals surface area contributed by atoms with Gasteiger partial charge in [0.25, 0.3) is 5.91 Å². The molecule has 1 amide bonds. The first-order chi connectivity index (χ1) is 16.1. The van der Waals surface area contributed by atoms with Crippen molar-refractivity contribution in [3.8, 4) is 17.2 Å². The van der Waals surface area contributed by atoms with E-state index < -0.39 is 5.91 Å². The summed E-state index contributed by atoms with van der Waals surface area (Å²) < 4.78 is 13.2. The average Bonchev–Trinajstić information content (AvgIpc) is 3.27. The first-order valence-corrected chi connectivity index (χ1v) is 11.5. The van der Waals surface area contributed by atoms with Crippen LogP contribution >= 0.6 is 27.7 Å². The van der Waals surface area contributed by atoms with E-state index in [-0.39, 0.29) is 5.69 Å². The summed E-state index contributed by atoms with van der Waals surface area (Å²) in [6.07, 6.45) is 3.34. The number of aromatic nitrogens is 5. The van der Waals surface area contributed by atoms with Gasteiger partial charge in [0.05, 0.1) is 25.6 Å². The number of amides is 1. The Hall–Kier alpha value is -3.44. The van der Waals surface area contributed by atoms with Crippen LogP contribution < -0.4 is 14.8 Å². The second kappa shape index (κ2) is 10.5. The minimum atomic E-state index is -0.393. The van der Waals surface area contributed by atoms with Gasteiger partial charge in [0, 0.05) is 34.4 Å². The molecule has 168 valence electrons. The highest BCUT2D eigenvalue weighted by molar-refractivity contribution is 9.10. The maximum Gasteiger partial charge on any atom is 0.278 e. The molecule has 0 fully saturated rings. The molecule has 2 heterocycles. The van der Waals surface area contributed by atoms with Crippen molar-refractivity contribution in [1.82, 2.24) is 25.0 Å². The molecule has 2 aromatic heterocycles. The Bertz CT molecular complexity index is 1250. The summed E-state index contributed by atoms with van der Waals surface area (Å²) in [5.41, 5.74) is 2.14. The maximum atomic E-state index is 13.2. The number of halogens is 1. The van der Waals surface area contributed by atoms with E-state index in [2.05, 4.69) is 41.5 Å². The quantitative estimate of drug-likeness (QED) is 0.266. The summed E-state index contributed by atoms with van der Waals surface area (Å²) in [5.74, 6) is 1.07. The standard InChI is InChI=1S/C22H19BrN6O3S/c1-31-18-9-6-15(12-19(18)32-2)26-21(30)20-17(13-33-22-24-10-3-11-25-22)29(28-27-20)16-7-4-14(23)5-8-16/h3-12H,13H2,1-2H3,(H,26,30). The smallest absolute Gasteiger partial charge is 0.278 e. The molecule has 0 aliphatic heterocycles. The molecule has 1 N–H and O–H groups in total. The van der Waals surface area contributed by atoms with Crippen LogP contribution in [0.25, 0.3) is 5.69 Å². The summed E-state index contributed by atoms with van der Waals surface area (Å²) in [6, 6.07) is 14.5. The molecule has 0 aliphatic rings. The zero-order chi connectivity index (χ0) is 23.2. The molecule has 0 saturated carbocycles. The molecule has 11 heteroatoms. The molecular formula is C22H19BrN6O3S. The number of hydrogen-bond acceptors (Lipinski definition) is 8. The molecule has 4 aromatic rings. The monoisotopic (exact) mass is 526 g/mol. The van der Waals surface area contributed by atoms with E-state index in [0.29, 0.717) is 33.8 Å². The number of nitrogens with one attached hydrogen (secondary N) is 1. The van der Waals surface area contributed by atoms with Gasteiger partial charge in [-0.15, -0.1) is 5.10 Å². The fourth-order valence-electron chi connectivity index (χ4n) is 2.99. The average molecular weight is 527 g/mol. The van der Waals surface area contributed by atoms with Gasteiger partial charge in [-0.25, -0.2) is 14.6 Å². The van der Waals surface area contributed by atoms with Crippen molar-refractivity contribution < 1.29 is 14.3 Å². The molecule has 2 aromatic carbocycles. The van der Waals surface area contributed by atoms with Crippen molar-refractivity contribution in [2.24, 2.45) is 0 Å². The number of thioether (sulfide) groups is 1. The Morgan fingerprint density at radius 3 is 2.48 bits per heavy atom. The molecule has 4 rings (SSSR count). The fraction of sp³-hybridized carbons (Fsp3) is 0.136. The van der Waals surface area contributed by atoms with E-state index in [1.165, 1.54) is 18.9 Å². The van der Waals surface area contributed by atoms with Crippen molar-refractivity contribution in [3.63, 3.8) is 0 Å². The summed E-state index contributed by atoms with van der Waals surface area (Å²) >= 11 is 4.83. The van der Waals surface area contributed by atoms with Gasteiger partial charge in [-0.3, -0.25) is 4.79 Å². The second-order valence-electron chi connectivity index (χ2n) is 6.62. The zero-order valence-electron chi connectivity index (χ0n) is 17.7. The Labute approximate surface area is 202 Å². The van der Waals surface area contributed by atoms with Crippen LogP contribution in [0.1, 0.15) is 16.2 Å². The number of ether oxygens (including phenoxy) is 2. The van der Waals surface area contributed by atoms with Crippen LogP contribution in [0.4, 0.5) is 5.69 Å². The van der Waals surface area contributed by atoms with Gasteiger partial charge in [-0.05, 0) is 42.5 Å². The van der Waals surface area contributed by atoms with Gasteiger partial charge in [0.2, 0.25) is 0 Å². The lowest BCUT2D eigenvalue weighted by molar-refractivity contribution is 0.102. The van der Waals surface area contributed by atoms with Gasteiger partial charge in [0.15, 0.2) is 22.3 Å². The van der Waals surface area contributed by atoms with Crippen molar-refractivity contribution in [2.45, 2.75) is 10.9 Å². The summed E-state index contributed by atoms with van der Waals surface area (Å²) in [4.78, 5) is 21.6. The molecule has 0 atom stereocenters. The van der Waals surface area contributed by atoms with Crippen molar-refractivity contribution in [2.75, 3.05) is 19.5 Å². The first kappa shape index (κ1) is 22.7. The third-order valence-corrected chi connectivity index (χ3v) is 5.99. The SMILES string of the molecule is COc1ccc(NC(=O)c2nnn(-c3ccc(Br)cc3)c2CSc2ncccn2)cc1OC. The highest BCUT2D eigenvalue weighted by Gasteiger charge is 2.22. The molecular weight excluding hydrogens is 508 g/mol. The Morgan fingerprint density at radius 1 is 1.06 bits per heavy atom. The van der Waals surface area contributed by atoms with Crippen LogP contribution in [0.15, 0.2) is 70.6 Å². The number of nitrogens with zero attached hydrogens (tertiary/aromatic N) is 5. The molecule has 0 bridgehead atoms. The third-order valence-electron chi connectivity index (χ3n) is 4.57. The number of carbonyl (C=O) groups is 1. The van der Waals surface area contributed by atoms with Gasteiger partial charge in [-0.1, -0.05) is 32.9 Å². The van der Waals surface area contributed by atoms with E-state index >= 15 is 0 Å². The number of anilines is 1. The predicted octanol–water partition coefficient (Wildman–Crippen LogP) is 4.38. The van der Waals surface area contributed by atoms with Crippen LogP contribution in [-0.2, 0) is 5.75 Å². The van der Waals surface area contributed by atoms with E-state index in [9.17, 15) is 4.79 Å². The Balaban J connectivity index is 1.65. The van der Waals surface area contributed by atoms with Crippen molar-refractivity contribution >= 4 is 39.3 Å². The molecule has 0 radical (unpaired) electrons. The maximum absolute atomic E-state index is 13.2. The topological polar surface area (TPSA) is 104 Å². The molecule has 0 spiro atoms. The number of rotatable bonds is 8. The third kappa shape index (κ3) is 5.32. The van der Waals surface area contributed by atoms with E-state index in [1.807, 2.05) is 24.3 Å². The normalized spacial score (nSPS) is 10.6. The van der Waals surface area contributed by atoms with Crippen LogP contribution in [-0.4, -0.2) is 45.1 Å².